The molecule has 68 valence electrons. The van der Waals surface area contributed by atoms with Gasteiger partial charge in [-0.25, -0.2) is 4.79 Å². The molecule has 0 aliphatic carbocycles. The van der Waals surface area contributed by atoms with E-state index in [9.17, 15) is 4.79 Å². The van der Waals surface area contributed by atoms with Crippen molar-refractivity contribution in [2.24, 2.45) is 5.16 Å². The van der Waals surface area contributed by atoms with Crippen molar-refractivity contribution < 1.29 is 14.7 Å². The Morgan fingerprint density at radius 3 is 3.00 bits per heavy atom. The van der Waals surface area contributed by atoms with Crippen molar-refractivity contribution in [2.75, 3.05) is 7.11 Å². The van der Waals surface area contributed by atoms with Crippen LogP contribution in [0.25, 0.3) is 0 Å². The van der Waals surface area contributed by atoms with Crippen LogP contribution in [0, 0.1) is 0 Å². The van der Waals surface area contributed by atoms with Crippen molar-refractivity contribution in [2.45, 2.75) is 0 Å². The molecule has 0 amide bonds. The molecule has 0 aliphatic rings. The smallest absolute Gasteiger partial charge is 0.335 e. The minimum absolute atomic E-state index is 0.236. The molecule has 1 aromatic rings. The van der Waals surface area contributed by atoms with Crippen LogP contribution in [0.1, 0.15) is 15.9 Å². The fourth-order valence-corrected chi connectivity index (χ4v) is 0.866. The maximum absolute atomic E-state index is 10.6. The van der Waals surface area contributed by atoms with Crippen LogP contribution in [-0.4, -0.2) is 24.4 Å². The van der Waals surface area contributed by atoms with Crippen LogP contribution in [-0.2, 0) is 4.84 Å². The minimum Gasteiger partial charge on any atom is -0.478 e. The molecule has 0 saturated carbocycles. The summed E-state index contributed by atoms with van der Waals surface area (Å²) in [7, 11) is 1.43. The fourth-order valence-electron chi connectivity index (χ4n) is 0.866. The summed E-state index contributed by atoms with van der Waals surface area (Å²) in [4.78, 5) is 15.0. The molecule has 0 fully saturated rings. The number of nitrogens with zero attached hydrogens (tertiary/aromatic N) is 1. The zero-order chi connectivity index (χ0) is 9.68. The summed E-state index contributed by atoms with van der Waals surface area (Å²) < 4.78 is 0. The molecule has 0 spiro atoms. The molecule has 0 heterocycles. The highest BCUT2D eigenvalue weighted by molar-refractivity contribution is 5.90. The van der Waals surface area contributed by atoms with Gasteiger partial charge in [-0.05, 0) is 17.7 Å². The quantitative estimate of drug-likeness (QED) is 0.563. The van der Waals surface area contributed by atoms with E-state index in [1.165, 1.54) is 25.5 Å². The third-order valence-electron chi connectivity index (χ3n) is 1.44. The zero-order valence-electron chi connectivity index (χ0n) is 7.10. The molecular formula is C9H9NO3. The molecule has 1 rings (SSSR count). The largest absolute Gasteiger partial charge is 0.478 e. The van der Waals surface area contributed by atoms with Crippen molar-refractivity contribution in [1.29, 1.82) is 0 Å². The summed E-state index contributed by atoms with van der Waals surface area (Å²) in [6, 6.07) is 6.44. The Balaban J connectivity index is 2.92. The van der Waals surface area contributed by atoms with E-state index in [2.05, 4.69) is 9.99 Å². The third kappa shape index (κ3) is 2.59. The van der Waals surface area contributed by atoms with Crippen LogP contribution < -0.4 is 0 Å². The number of oxime groups is 1. The van der Waals surface area contributed by atoms with Gasteiger partial charge in [0.2, 0.25) is 0 Å². The number of carboxylic acids is 1. The van der Waals surface area contributed by atoms with E-state index < -0.39 is 5.97 Å². The van der Waals surface area contributed by atoms with Gasteiger partial charge in [0.1, 0.15) is 7.11 Å². The molecule has 0 saturated heterocycles. The molecule has 1 aromatic carbocycles. The van der Waals surface area contributed by atoms with E-state index in [1.54, 1.807) is 12.1 Å². The SMILES string of the molecule is CO/N=C/c1cccc(C(=O)O)c1. The lowest BCUT2D eigenvalue weighted by atomic mass is 10.1. The first kappa shape index (κ1) is 9.25. The van der Waals surface area contributed by atoms with Gasteiger partial charge in [0.15, 0.2) is 0 Å². The van der Waals surface area contributed by atoms with Crippen molar-refractivity contribution in [3.8, 4) is 0 Å². The summed E-state index contributed by atoms with van der Waals surface area (Å²) in [6.07, 6.45) is 1.45. The first-order chi connectivity index (χ1) is 6.24. The number of aromatic carboxylic acids is 1. The van der Waals surface area contributed by atoms with Crippen molar-refractivity contribution >= 4 is 12.2 Å². The molecule has 0 atom stereocenters. The maximum atomic E-state index is 10.6. The van der Waals surface area contributed by atoms with Crippen molar-refractivity contribution in [3.63, 3.8) is 0 Å². The molecule has 0 aromatic heterocycles. The molecule has 4 nitrogen and oxygen atoms in total. The van der Waals surface area contributed by atoms with Gasteiger partial charge in [-0.15, -0.1) is 0 Å². The predicted molar refractivity (Wildman–Crippen MR) is 48.0 cm³/mol. The van der Waals surface area contributed by atoms with Crippen molar-refractivity contribution in [1.82, 2.24) is 0 Å². The van der Waals surface area contributed by atoms with Gasteiger partial charge in [0.05, 0.1) is 11.8 Å². The molecule has 0 radical (unpaired) electrons. The number of carbonyl (C=O) groups is 1. The van der Waals surface area contributed by atoms with Gasteiger partial charge in [0, 0.05) is 0 Å². The van der Waals surface area contributed by atoms with Gasteiger partial charge in [-0.1, -0.05) is 17.3 Å². The molecule has 0 unspecified atom stereocenters. The maximum Gasteiger partial charge on any atom is 0.335 e. The normalized spacial score (nSPS) is 10.2. The number of hydrogen-bond donors (Lipinski definition) is 1. The van der Waals surface area contributed by atoms with E-state index >= 15 is 0 Å². The molecule has 4 heteroatoms. The summed E-state index contributed by atoms with van der Waals surface area (Å²) in [5, 5.41) is 12.2. The van der Waals surface area contributed by atoms with Crippen LogP contribution in [0.2, 0.25) is 0 Å². The first-order valence-electron chi connectivity index (χ1n) is 3.64. The molecule has 1 N–H and O–H groups in total. The summed E-state index contributed by atoms with van der Waals surface area (Å²) in [5.74, 6) is -0.951. The Morgan fingerprint density at radius 1 is 1.62 bits per heavy atom. The highest BCUT2D eigenvalue weighted by atomic mass is 16.6. The lowest BCUT2D eigenvalue weighted by Crippen LogP contribution is -1.96. The lowest BCUT2D eigenvalue weighted by Gasteiger charge is -1.95. The van der Waals surface area contributed by atoms with Crippen LogP contribution >= 0.6 is 0 Å². The number of carboxylic acid groups (broad SMARTS) is 1. The number of hydrogen-bond acceptors (Lipinski definition) is 3. The van der Waals surface area contributed by atoms with E-state index in [4.69, 9.17) is 5.11 Å². The van der Waals surface area contributed by atoms with E-state index in [0.717, 1.165) is 0 Å². The summed E-state index contributed by atoms with van der Waals surface area (Å²) >= 11 is 0. The van der Waals surface area contributed by atoms with Gasteiger partial charge in [-0.2, -0.15) is 0 Å². The van der Waals surface area contributed by atoms with Crippen molar-refractivity contribution in [3.05, 3.63) is 35.4 Å². The van der Waals surface area contributed by atoms with Gasteiger partial charge < -0.3 is 9.94 Å². The van der Waals surface area contributed by atoms with Gasteiger partial charge >= 0.3 is 5.97 Å². The predicted octanol–water partition coefficient (Wildman–Crippen LogP) is 1.37. The third-order valence-corrected chi connectivity index (χ3v) is 1.44. The summed E-state index contributed by atoms with van der Waals surface area (Å²) in [6.45, 7) is 0. The molecule has 13 heavy (non-hydrogen) atoms. The second-order valence-electron chi connectivity index (χ2n) is 2.35. The highest BCUT2D eigenvalue weighted by Gasteiger charge is 2.01. The average molecular weight is 179 g/mol. The highest BCUT2D eigenvalue weighted by Crippen LogP contribution is 2.02. The number of benzene rings is 1. The second-order valence-corrected chi connectivity index (χ2v) is 2.35. The van der Waals surface area contributed by atoms with Crippen LogP contribution in [0.15, 0.2) is 29.4 Å². The van der Waals surface area contributed by atoms with Crippen LogP contribution in [0.5, 0.6) is 0 Å². The van der Waals surface area contributed by atoms with E-state index in [0.29, 0.717) is 5.56 Å². The van der Waals surface area contributed by atoms with Crippen LogP contribution in [0.3, 0.4) is 0 Å². The second kappa shape index (κ2) is 4.25. The minimum atomic E-state index is -0.951. The molecular weight excluding hydrogens is 170 g/mol. The van der Waals surface area contributed by atoms with E-state index in [1.807, 2.05) is 0 Å². The number of rotatable bonds is 3. The zero-order valence-corrected chi connectivity index (χ0v) is 7.10. The average Bonchev–Trinajstić information content (AvgIpc) is 2.15. The van der Waals surface area contributed by atoms with Crippen LogP contribution in [0.4, 0.5) is 0 Å². The molecule has 0 aliphatic heterocycles. The monoisotopic (exact) mass is 179 g/mol. The molecule has 0 bridgehead atoms. The van der Waals surface area contributed by atoms with Gasteiger partial charge in [0.25, 0.3) is 0 Å². The first-order valence-corrected chi connectivity index (χ1v) is 3.64. The topological polar surface area (TPSA) is 58.9 Å². The Morgan fingerprint density at radius 2 is 2.38 bits per heavy atom. The fraction of sp³-hybridized carbons (Fsp3) is 0.111. The lowest BCUT2D eigenvalue weighted by molar-refractivity contribution is 0.0697. The Hall–Kier alpha value is -1.84. The Labute approximate surface area is 75.4 Å². The summed E-state index contributed by atoms with van der Waals surface area (Å²) in [5.41, 5.74) is 0.932. The Kier molecular flexibility index (Phi) is 3.03. The Bertz CT molecular complexity index is 333. The standard InChI is InChI=1S/C9H9NO3/c1-13-10-6-7-3-2-4-8(5-7)9(11)12/h2-6H,1H3,(H,11,12)/b10-6+. The van der Waals surface area contributed by atoms with E-state index in [-0.39, 0.29) is 5.56 Å². The van der Waals surface area contributed by atoms with Gasteiger partial charge in [-0.3, -0.25) is 0 Å².